The van der Waals surface area contributed by atoms with Crippen molar-refractivity contribution in [2.45, 2.75) is 19.9 Å². The molecule has 3 heterocycles. The molecule has 41 heavy (non-hydrogen) atoms. The average molecular weight is 540 g/mol. The van der Waals surface area contributed by atoms with Gasteiger partial charge in [0.1, 0.15) is 0 Å². The number of hydrogen-bond donors (Lipinski definition) is 1. The topological polar surface area (TPSA) is 101 Å². The summed E-state index contributed by atoms with van der Waals surface area (Å²) in [4.78, 5) is 23.9. The molecule has 200 valence electrons. The van der Waals surface area contributed by atoms with Crippen LogP contribution in [-0.4, -0.2) is 26.4 Å². The van der Waals surface area contributed by atoms with Crippen LogP contribution in [0.3, 0.4) is 0 Å². The number of nitrogens with zero attached hydrogens (tertiary/aromatic N) is 6. The molecular weight excluding hydrogens is 514 g/mol. The zero-order valence-electron chi connectivity index (χ0n) is 22.4. The Bertz CT molecular complexity index is 1890. The minimum atomic E-state index is -0.444. The molecule has 9 nitrogen and oxygen atoms in total. The van der Waals surface area contributed by atoms with E-state index in [1.54, 1.807) is 12.1 Å². The lowest BCUT2D eigenvalue weighted by molar-refractivity contribution is -0.384. The first-order valence-electron chi connectivity index (χ1n) is 13.3. The molecule has 2 aliphatic rings. The molecular formula is C32H25N7O2. The first kappa shape index (κ1) is 24.5. The molecule has 0 radical (unpaired) electrons. The van der Waals surface area contributed by atoms with Gasteiger partial charge < -0.3 is 10.2 Å². The fraction of sp³-hybridized carbons (Fsp3) is 0.0938. The molecule has 1 N–H and O–H groups in total. The lowest BCUT2D eigenvalue weighted by Gasteiger charge is -2.41. The first-order chi connectivity index (χ1) is 20.0. The van der Waals surface area contributed by atoms with E-state index in [1.807, 2.05) is 103 Å². The Morgan fingerprint density at radius 1 is 0.902 bits per heavy atom. The van der Waals surface area contributed by atoms with Gasteiger partial charge in [0.2, 0.25) is 0 Å². The number of nitro groups is 1. The minimum absolute atomic E-state index is 0.0263. The van der Waals surface area contributed by atoms with Crippen molar-refractivity contribution in [3.05, 3.63) is 136 Å². The van der Waals surface area contributed by atoms with Crippen LogP contribution in [0.25, 0.3) is 5.69 Å². The summed E-state index contributed by atoms with van der Waals surface area (Å²) in [5.41, 5.74) is 6.94. The smallest absolute Gasteiger partial charge is 0.269 e. The van der Waals surface area contributed by atoms with Crippen molar-refractivity contribution in [3.63, 3.8) is 0 Å². The van der Waals surface area contributed by atoms with Gasteiger partial charge in [0.25, 0.3) is 5.69 Å². The molecule has 7 rings (SSSR count). The van der Waals surface area contributed by atoms with E-state index >= 15 is 0 Å². The van der Waals surface area contributed by atoms with E-state index in [1.165, 1.54) is 6.07 Å². The summed E-state index contributed by atoms with van der Waals surface area (Å²) in [6, 6.07) is 32.1. The maximum Gasteiger partial charge on any atom is 0.269 e. The van der Waals surface area contributed by atoms with Gasteiger partial charge in [-0.25, -0.2) is 14.7 Å². The third-order valence-electron chi connectivity index (χ3n) is 7.43. The molecule has 0 amide bonds. The Kier molecular flexibility index (Phi) is 5.71. The van der Waals surface area contributed by atoms with Gasteiger partial charge in [-0.2, -0.15) is 5.10 Å². The summed E-state index contributed by atoms with van der Waals surface area (Å²) in [5, 5.41) is 20.3. The van der Waals surface area contributed by atoms with Crippen molar-refractivity contribution in [3.8, 4) is 5.69 Å². The van der Waals surface area contributed by atoms with Crippen LogP contribution in [0.2, 0.25) is 0 Å². The van der Waals surface area contributed by atoms with E-state index in [-0.39, 0.29) is 10.6 Å². The number of nitro benzene ring substituents is 1. The fourth-order valence-corrected chi connectivity index (χ4v) is 5.51. The Hall–Kier alpha value is -5.57. The lowest BCUT2D eigenvalue weighted by Crippen LogP contribution is -2.48. The van der Waals surface area contributed by atoms with Crippen molar-refractivity contribution in [2.75, 3.05) is 10.2 Å². The highest BCUT2D eigenvalue weighted by molar-refractivity contribution is 6.52. The zero-order chi connectivity index (χ0) is 28.1. The van der Waals surface area contributed by atoms with Crippen LogP contribution in [0.5, 0.6) is 0 Å². The third-order valence-corrected chi connectivity index (χ3v) is 7.43. The molecule has 0 spiro atoms. The predicted octanol–water partition coefficient (Wildman–Crippen LogP) is 7.19. The molecule has 0 saturated carbocycles. The number of hydrogen-bond acceptors (Lipinski definition) is 6. The van der Waals surface area contributed by atoms with Crippen molar-refractivity contribution in [1.82, 2.24) is 9.78 Å². The zero-order valence-corrected chi connectivity index (χ0v) is 22.4. The van der Waals surface area contributed by atoms with Gasteiger partial charge in [-0.3, -0.25) is 10.1 Å². The summed E-state index contributed by atoms with van der Waals surface area (Å²) < 4.78 is 1.84. The molecule has 4 aromatic carbocycles. The van der Waals surface area contributed by atoms with Gasteiger partial charge in [0.15, 0.2) is 17.5 Å². The molecule has 1 aromatic heterocycles. The molecule has 0 fully saturated rings. The maximum atomic E-state index is 11.8. The number of non-ortho nitro benzene ring substituents is 1. The van der Waals surface area contributed by atoms with Gasteiger partial charge >= 0.3 is 0 Å². The highest BCUT2D eigenvalue weighted by Crippen LogP contribution is 2.48. The monoisotopic (exact) mass is 539 g/mol. The van der Waals surface area contributed by atoms with E-state index < -0.39 is 6.04 Å². The molecule has 9 heteroatoms. The second-order valence-electron chi connectivity index (χ2n) is 10.0. The van der Waals surface area contributed by atoms with Crippen LogP contribution >= 0.6 is 0 Å². The van der Waals surface area contributed by atoms with Gasteiger partial charge in [-0.1, -0.05) is 60.7 Å². The van der Waals surface area contributed by atoms with Crippen molar-refractivity contribution >= 4 is 40.2 Å². The van der Waals surface area contributed by atoms with E-state index in [4.69, 9.17) is 15.1 Å². The van der Waals surface area contributed by atoms with Crippen molar-refractivity contribution in [2.24, 2.45) is 9.98 Å². The Labute approximate surface area is 236 Å². The van der Waals surface area contributed by atoms with E-state index in [0.29, 0.717) is 17.5 Å². The summed E-state index contributed by atoms with van der Waals surface area (Å²) >= 11 is 0. The number of para-hydroxylation sites is 4. The molecule has 0 saturated heterocycles. The maximum absolute atomic E-state index is 11.8. The predicted molar refractivity (Wildman–Crippen MR) is 161 cm³/mol. The number of aromatic nitrogens is 2. The quantitative estimate of drug-likeness (QED) is 0.192. The van der Waals surface area contributed by atoms with Gasteiger partial charge in [0, 0.05) is 17.7 Å². The molecule has 1 atom stereocenters. The Balaban J connectivity index is 1.55. The number of aryl methyl sites for hydroxylation is 2. The minimum Gasteiger partial charge on any atom is -0.335 e. The van der Waals surface area contributed by atoms with Crippen LogP contribution in [0.1, 0.15) is 28.4 Å². The second kappa shape index (κ2) is 9.56. The molecule has 0 unspecified atom stereocenters. The number of rotatable bonds is 4. The summed E-state index contributed by atoms with van der Waals surface area (Å²) in [7, 11) is 0. The van der Waals surface area contributed by atoms with Crippen LogP contribution in [-0.2, 0) is 0 Å². The molecule has 0 bridgehead atoms. The summed E-state index contributed by atoms with van der Waals surface area (Å²) in [5.74, 6) is 1.85. The SMILES string of the molecule is Cc1ccccc1N=C1Nc2ccccc2N2C1=Nc1c(c(C)nn1-c1ccccc1)[C@H]2c1cccc([N+](=O)[O-])c1. The normalized spacial score (nSPS) is 16.3. The van der Waals surface area contributed by atoms with Crippen LogP contribution in [0.15, 0.2) is 113 Å². The number of nitrogens with one attached hydrogen (secondary N) is 1. The fourth-order valence-electron chi connectivity index (χ4n) is 5.51. The number of benzene rings is 4. The first-order valence-corrected chi connectivity index (χ1v) is 13.3. The molecule has 0 aliphatic carbocycles. The van der Waals surface area contributed by atoms with Gasteiger partial charge in [-0.05, 0) is 55.3 Å². The van der Waals surface area contributed by atoms with E-state index in [0.717, 1.165) is 45.1 Å². The number of anilines is 2. The van der Waals surface area contributed by atoms with E-state index in [9.17, 15) is 10.1 Å². The van der Waals surface area contributed by atoms with Crippen LogP contribution in [0, 0.1) is 24.0 Å². The molecule has 2 aliphatic heterocycles. The standard InChI is InChI=1S/C32H25N7O2/c1-20-11-6-7-16-25(20)33-30-32-35-31-28(21(2)36-38(31)23-13-4-3-5-14-23)29(22-12-10-15-24(19-22)39(40)41)37(32)27-18-9-8-17-26(27)34-30/h3-19,29H,1-2H3,(H,33,34)/t29-/m1/s1. The average Bonchev–Trinajstić information content (AvgIpc) is 3.33. The summed E-state index contributed by atoms with van der Waals surface area (Å²) in [6.45, 7) is 3.98. The van der Waals surface area contributed by atoms with Crippen molar-refractivity contribution < 1.29 is 4.92 Å². The summed E-state index contributed by atoms with van der Waals surface area (Å²) in [6.07, 6.45) is 0. The Morgan fingerprint density at radius 3 is 2.46 bits per heavy atom. The van der Waals surface area contributed by atoms with Gasteiger partial charge in [0.05, 0.1) is 39.4 Å². The number of aliphatic imine (C=N–C) groups is 2. The third kappa shape index (κ3) is 4.06. The van der Waals surface area contributed by atoms with Gasteiger partial charge in [-0.15, -0.1) is 0 Å². The van der Waals surface area contributed by atoms with E-state index in [2.05, 4.69) is 10.2 Å². The highest BCUT2D eigenvalue weighted by atomic mass is 16.6. The number of amidine groups is 2. The van der Waals surface area contributed by atoms with Crippen molar-refractivity contribution in [1.29, 1.82) is 0 Å². The largest absolute Gasteiger partial charge is 0.335 e. The second-order valence-corrected chi connectivity index (χ2v) is 10.0. The Morgan fingerprint density at radius 2 is 1.66 bits per heavy atom. The molecule has 5 aromatic rings. The number of fused-ring (bicyclic) bond motifs is 4. The highest BCUT2D eigenvalue weighted by Gasteiger charge is 2.42. The lowest BCUT2D eigenvalue weighted by atomic mass is 9.93. The van der Waals surface area contributed by atoms with Crippen LogP contribution < -0.4 is 10.2 Å². The van der Waals surface area contributed by atoms with Crippen LogP contribution in [0.4, 0.5) is 28.6 Å².